The van der Waals surface area contributed by atoms with E-state index in [1.807, 2.05) is 0 Å². The third-order valence-corrected chi connectivity index (χ3v) is 7.24. The molecule has 1 amide bonds. The average Bonchev–Trinajstić information content (AvgIpc) is 3.57. The number of anilines is 2. The second-order valence-electron chi connectivity index (χ2n) is 9.62. The minimum absolute atomic E-state index is 0.0168. The number of non-ortho nitro benzene ring substituents is 1. The van der Waals surface area contributed by atoms with E-state index in [0.29, 0.717) is 10.4 Å². The van der Waals surface area contributed by atoms with Crippen molar-refractivity contribution in [3.05, 3.63) is 127 Å². The Labute approximate surface area is 234 Å². The molecule has 212 valence electrons. The second kappa shape index (κ2) is 9.19. The first-order valence-electron chi connectivity index (χ1n) is 12.5. The number of para-hydroxylation sites is 2. The lowest BCUT2D eigenvalue weighted by Crippen LogP contribution is -2.43. The molecule has 1 atom stereocenters. The predicted octanol–water partition coefficient (Wildman–Crippen LogP) is 4.46. The largest absolute Gasteiger partial charge is 0.433 e. The van der Waals surface area contributed by atoms with E-state index in [1.165, 1.54) is 41.9 Å². The Morgan fingerprint density at radius 1 is 0.952 bits per heavy atom. The van der Waals surface area contributed by atoms with E-state index in [1.54, 1.807) is 36.4 Å². The lowest BCUT2D eigenvalue weighted by molar-refractivity contribution is -0.384. The van der Waals surface area contributed by atoms with Crippen LogP contribution in [0.4, 0.5) is 30.4 Å². The smallest absolute Gasteiger partial charge is 0.383 e. The number of aromatic amines is 1. The number of fused-ring (bicyclic) bond motifs is 1. The Kier molecular flexibility index (Phi) is 5.81. The molecule has 0 bridgehead atoms. The first-order valence-corrected chi connectivity index (χ1v) is 12.5. The number of nitro groups is 1. The number of aromatic nitrogens is 4. The Morgan fingerprint density at radius 3 is 2.17 bits per heavy atom. The van der Waals surface area contributed by atoms with Crippen LogP contribution in [0.3, 0.4) is 0 Å². The fourth-order valence-electron chi connectivity index (χ4n) is 5.55. The van der Waals surface area contributed by atoms with E-state index in [0.717, 1.165) is 12.1 Å². The summed E-state index contributed by atoms with van der Waals surface area (Å²) in [5.74, 6) is -1.28. The summed E-state index contributed by atoms with van der Waals surface area (Å²) < 4.78 is 46.3. The third kappa shape index (κ3) is 3.72. The fourth-order valence-corrected chi connectivity index (χ4v) is 5.55. The lowest BCUT2D eigenvalue weighted by Gasteiger charge is -2.28. The van der Waals surface area contributed by atoms with Gasteiger partial charge in [0.1, 0.15) is 16.9 Å². The number of nitrogens with two attached hydrogens (primary N) is 1. The van der Waals surface area contributed by atoms with Crippen molar-refractivity contribution in [3.63, 3.8) is 0 Å². The van der Waals surface area contributed by atoms with E-state index in [4.69, 9.17) is 5.73 Å². The van der Waals surface area contributed by atoms with E-state index < -0.39 is 44.9 Å². The van der Waals surface area contributed by atoms with Crippen LogP contribution in [0, 0.1) is 17.0 Å². The van der Waals surface area contributed by atoms with Crippen LogP contribution in [0.2, 0.25) is 0 Å². The summed E-state index contributed by atoms with van der Waals surface area (Å²) in [4.78, 5) is 39.3. The zero-order valence-corrected chi connectivity index (χ0v) is 21.6. The van der Waals surface area contributed by atoms with Gasteiger partial charge in [0.15, 0.2) is 0 Å². The highest BCUT2D eigenvalue weighted by atomic mass is 19.4. The van der Waals surface area contributed by atoms with Gasteiger partial charge in [-0.3, -0.25) is 24.8 Å². The summed E-state index contributed by atoms with van der Waals surface area (Å²) in [6.45, 7) is 1.44. The number of benzene rings is 3. The minimum atomic E-state index is -5.16. The molecular weight excluding hydrogens is 555 g/mol. The van der Waals surface area contributed by atoms with E-state index >= 15 is 0 Å². The van der Waals surface area contributed by atoms with Crippen LogP contribution in [0.5, 0.6) is 0 Å². The Bertz CT molecular complexity index is 1950. The van der Waals surface area contributed by atoms with E-state index in [-0.39, 0.29) is 34.0 Å². The van der Waals surface area contributed by atoms with Gasteiger partial charge >= 0.3 is 6.18 Å². The number of rotatable bonds is 5. The molecule has 2 aromatic heterocycles. The van der Waals surface area contributed by atoms with Crippen LogP contribution >= 0.6 is 0 Å². The van der Waals surface area contributed by atoms with Crippen molar-refractivity contribution in [2.75, 3.05) is 11.1 Å². The van der Waals surface area contributed by atoms with Crippen molar-refractivity contribution in [1.29, 1.82) is 0 Å². The number of hydrogen-bond donors (Lipinski definition) is 3. The van der Waals surface area contributed by atoms with Crippen molar-refractivity contribution >= 4 is 23.1 Å². The zero-order valence-electron chi connectivity index (χ0n) is 21.6. The molecule has 0 aliphatic carbocycles. The molecule has 42 heavy (non-hydrogen) atoms. The van der Waals surface area contributed by atoms with Crippen molar-refractivity contribution in [2.45, 2.75) is 18.5 Å². The zero-order chi connectivity index (χ0) is 30.0. The number of nitro benzene ring substituents is 1. The number of amides is 1. The van der Waals surface area contributed by atoms with Crippen LogP contribution in [-0.4, -0.2) is 30.4 Å². The van der Waals surface area contributed by atoms with Gasteiger partial charge in [0.25, 0.3) is 11.2 Å². The molecule has 0 fully saturated rings. The van der Waals surface area contributed by atoms with Crippen molar-refractivity contribution < 1.29 is 22.9 Å². The summed E-state index contributed by atoms with van der Waals surface area (Å²) in [6.07, 6.45) is -5.16. The van der Waals surface area contributed by atoms with Gasteiger partial charge in [0.2, 0.25) is 5.91 Å². The number of carbonyl (C=O) groups is 1. The summed E-state index contributed by atoms with van der Waals surface area (Å²) in [5, 5.41) is 20.9. The fraction of sp³-hybridized carbons (Fsp3) is 0.107. The summed E-state index contributed by atoms with van der Waals surface area (Å²) in [5.41, 5.74) is -0.182. The maximum Gasteiger partial charge on any atom is 0.433 e. The molecule has 4 N–H and O–H groups in total. The highest BCUT2D eigenvalue weighted by Crippen LogP contribution is 2.53. The molecule has 0 saturated heterocycles. The van der Waals surface area contributed by atoms with Gasteiger partial charge in [-0.25, -0.2) is 9.36 Å². The first kappa shape index (κ1) is 26.6. The number of alkyl halides is 3. The number of aryl methyl sites for hydroxylation is 1. The van der Waals surface area contributed by atoms with E-state index in [9.17, 15) is 32.9 Å². The molecule has 1 aliphatic rings. The van der Waals surface area contributed by atoms with Gasteiger partial charge in [-0.05, 0) is 37.3 Å². The number of hydrogen-bond acceptors (Lipinski definition) is 6. The van der Waals surface area contributed by atoms with Crippen LogP contribution < -0.4 is 16.6 Å². The molecule has 0 spiro atoms. The summed E-state index contributed by atoms with van der Waals surface area (Å²) in [7, 11) is 0. The average molecular weight is 576 g/mol. The Hall–Kier alpha value is -5.66. The number of H-pyrrole nitrogens is 1. The third-order valence-electron chi connectivity index (χ3n) is 7.24. The summed E-state index contributed by atoms with van der Waals surface area (Å²) in [6, 6.07) is 19.2. The highest BCUT2D eigenvalue weighted by molar-refractivity contribution is 6.12. The number of nitrogens with zero attached hydrogens (tertiary/aromatic N) is 4. The molecule has 1 unspecified atom stereocenters. The van der Waals surface area contributed by atoms with Crippen molar-refractivity contribution in [2.24, 2.45) is 0 Å². The van der Waals surface area contributed by atoms with Crippen LogP contribution in [0.25, 0.3) is 11.4 Å². The van der Waals surface area contributed by atoms with Gasteiger partial charge in [-0.15, -0.1) is 0 Å². The minimum Gasteiger partial charge on any atom is -0.383 e. The SMILES string of the molecule is Cc1nn(-c2ccccc2)c(N)c1C1(c2c(C(F)(F)F)[nH]n(-c3ccccc3)c2=O)C(=O)Nc2ccc([N+](=O)[O-])cc21. The maximum atomic E-state index is 14.8. The number of nitrogen functional groups attached to an aromatic ring is 1. The van der Waals surface area contributed by atoms with Gasteiger partial charge in [-0.2, -0.15) is 18.3 Å². The van der Waals surface area contributed by atoms with Crippen molar-refractivity contribution in [3.8, 4) is 11.4 Å². The highest BCUT2D eigenvalue weighted by Gasteiger charge is 2.59. The van der Waals surface area contributed by atoms with Crippen LogP contribution in [0.15, 0.2) is 83.7 Å². The molecular formula is C28H20F3N7O4. The van der Waals surface area contributed by atoms with Crippen molar-refractivity contribution in [1.82, 2.24) is 19.6 Å². The Balaban J connectivity index is 1.80. The monoisotopic (exact) mass is 575 g/mol. The molecule has 0 saturated carbocycles. The topological polar surface area (TPSA) is 154 Å². The first-order chi connectivity index (χ1) is 20.0. The maximum absolute atomic E-state index is 14.8. The Morgan fingerprint density at radius 2 is 1.57 bits per heavy atom. The van der Waals surface area contributed by atoms with Crippen LogP contribution in [-0.2, 0) is 16.4 Å². The number of halogens is 3. The van der Waals surface area contributed by atoms with E-state index in [2.05, 4.69) is 15.5 Å². The lowest BCUT2D eigenvalue weighted by atomic mass is 9.69. The summed E-state index contributed by atoms with van der Waals surface area (Å²) >= 11 is 0. The standard InChI is InChI=1S/C28H20F3N7O4/c1-15-21(24(32)36(34-15)16-8-4-2-5-9-16)27(19-14-18(38(41)42)12-13-20(19)33-26(27)40)22-23(28(29,30)31)35-37(25(22)39)17-10-6-3-7-11-17/h2-14,35H,32H2,1H3,(H,33,40). The quantitative estimate of drug-likeness (QED) is 0.208. The normalized spacial score (nSPS) is 16.3. The van der Waals surface area contributed by atoms with Crippen LogP contribution in [0.1, 0.15) is 28.1 Å². The van der Waals surface area contributed by atoms with Gasteiger partial charge < -0.3 is 11.1 Å². The number of nitrogens with one attached hydrogen (secondary N) is 2. The molecule has 0 radical (unpaired) electrons. The second-order valence-corrected chi connectivity index (χ2v) is 9.62. The van der Waals surface area contributed by atoms with Gasteiger partial charge in [0.05, 0.1) is 27.6 Å². The molecule has 3 aromatic carbocycles. The molecule has 6 rings (SSSR count). The molecule has 3 heterocycles. The molecule has 11 nitrogen and oxygen atoms in total. The predicted molar refractivity (Wildman–Crippen MR) is 146 cm³/mol. The molecule has 1 aliphatic heterocycles. The molecule has 14 heteroatoms. The van der Waals surface area contributed by atoms with Gasteiger partial charge in [-0.1, -0.05) is 36.4 Å². The molecule has 5 aromatic rings. The van der Waals surface area contributed by atoms with Gasteiger partial charge in [0, 0.05) is 28.9 Å². The number of carbonyl (C=O) groups excluding carboxylic acids is 1.